The highest BCUT2D eigenvalue weighted by atomic mass is 35.5. The van der Waals surface area contributed by atoms with Crippen molar-refractivity contribution >= 4 is 46.1 Å². The van der Waals surface area contributed by atoms with Crippen molar-refractivity contribution < 1.29 is 28.9 Å². The summed E-state index contributed by atoms with van der Waals surface area (Å²) in [6.45, 7) is 0. The molecule has 0 saturated carbocycles. The van der Waals surface area contributed by atoms with Crippen molar-refractivity contribution in [3.8, 4) is 23.0 Å². The number of Topliss-reactive ketones (excluding diaryl/α,β-unsaturated/α-hetero) is 1. The van der Waals surface area contributed by atoms with Crippen LogP contribution >= 0.6 is 22.9 Å². The number of aliphatic hydroxyl groups excluding tert-OH is 1. The number of hydrogen-bond donors (Lipinski definition) is 1. The van der Waals surface area contributed by atoms with E-state index < -0.39 is 23.5 Å². The number of anilines is 1. The van der Waals surface area contributed by atoms with Gasteiger partial charge < -0.3 is 19.3 Å². The number of carbonyl (C=O) groups excluding carboxylic acids is 2. The molecule has 7 nitrogen and oxygen atoms in total. The highest BCUT2D eigenvalue weighted by Gasteiger charge is 2.47. The fourth-order valence-electron chi connectivity index (χ4n) is 4.30. The highest BCUT2D eigenvalue weighted by Crippen LogP contribution is 2.46. The summed E-state index contributed by atoms with van der Waals surface area (Å²) in [6.07, 6.45) is 0. The molecule has 1 aromatic heterocycles. The number of para-hydroxylation sites is 1. The van der Waals surface area contributed by atoms with Gasteiger partial charge in [-0.05, 0) is 53.9 Å². The van der Waals surface area contributed by atoms with E-state index in [9.17, 15) is 14.7 Å². The van der Waals surface area contributed by atoms with Gasteiger partial charge in [-0.15, -0.1) is 11.3 Å². The van der Waals surface area contributed by atoms with Gasteiger partial charge in [0.15, 0.2) is 0 Å². The number of methoxy groups -OCH3 is 2. The maximum Gasteiger partial charge on any atom is 0.300 e. The third kappa shape index (κ3) is 4.60. The first-order valence-corrected chi connectivity index (χ1v) is 12.8. The fraction of sp³-hybridized carbons (Fsp3) is 0.103. The number of benzene rings is 3. The first-order chi connectivity index (χ1) is 18.4. The van der Waals surface area contributed by atoms with E-state index in [0.29, 0.717) is 27.8 Å². The van der Waals surface area contributed by atoms with Gasteiger partial charge >= 0.3 is 0 Å². The molecule has 9 heteroatoms. The van der Waals surface area contributed by atoms with E-state index in [1.165, 1.54) is 42.6 Å². The maximum atomic E-state index is 13.4. The van der Waals surface area contributed by atoms with E-state index in [4.69, 9.17) is 25.8 Å². The Hall–Kier alpha value is -4.27. The van der Waals surface area contributed by atoms with E-state index in [1.807, 2.05) is 47.8 Å². The Morgan fingerprint density at radius 2 is 1.58 bits per heavy atom. The van der Waals surface area contributed by atoms with Crippen molar-refractivity contribution in [2.45, 2.75) is 6.04 Å². The van der Waals surface area contributed by atoms with Crippen LogP contribution in [0.3, 0.4) is 0 Å². The van der Waals surface area contributed by atoms with Crippen LogP contribution in [0.25, 0.3) is 5.76 Å². The summed E-state index contributed by atoms with van der Waals surface area (Å²) in [6, 6.07) is 21.9. The normalized spacial score (nSPS) is 16.5. The van der Waals surface area contributed by atoms with Crippen LogP contribution in [-0.4, -0.2) is 31.0 Å². The predicted molar refractivity (Wildman–Crippen MR) is 147 cm³/mol. The first-order valence-electron chi connectivity index (χ1n) is 11.5. The van der Waals surface area contributed by atoms with Crippen LogP contribution in [0, 0.1) is 0 Å². The van der Waals surface area contributed by atoms with Crippen LogP contribution < -0.4 is 19.1 Å². The number of thiophene rings is 1. The second kappa shape index (κ2) is 10.6. The summed E-state index contributed by atoms with van der Waals surface area (Å²) in [7, 11) is 2.88. The Labute approximate surface area is 228 Å². The zero-order valence-corrected chi connectivity index (χ0v) is 22.0. The molecule has 0 radical (unpaired) electrons. The lowest BCUT2D eigenvalue weighted by atomic mass is 9.99. The number of amides is 1. The van der Waals surface area contributed by atoms with Gasteiger partial charge in [0.05, 0.1) is 30.4 Å². The number of hydrogen-bond acceptors (Lipinski definition) is 7. The minimum atomic E-state index is -0.860. The molecule has 38 heavy (non-hydrogen) atoms. The zero-order chi connectivity index (χ0) is 26.8. The molecule has 2 heterocycles. The first kappa shape index (κ1) is 25.4. The fourth-order valence-corrected chi connectivity index (χ4v) is 5.37. The Morgan fingerprint density at radius 1 is 0.895 bits per heavy atom. The summed E-state index contributed by atoms with van der Waals surface area (Å²) in [5.41, 5.74) is 0.579. The van der Waals surface area contributed by atoms with Crippen molar-refractivity contribution in [3.05, 3.63) is 105 Å². The van der Waals surface area contributed by atoms with Gasteiger partial charge in [-0.1, -0.05) is 35.9 Å². The van der Waals surface area contributed by atoms with Gasteiger partial charge in [0.25, 0.3) is 11.7 Å². The number of rotatable bonds is 7. The standard InChI is InChI=1S/C29H22ClNO6S/c1-35-22-16-23(36-2)21(30)15-20(22)27(32)25-26(24-9-6-14-38-24)31(29(34)28(25)33)17-10-12-19(13-11-17)37-18-7-4-3-5-8-18/h3-16,26,32H,1-2H3/b27-25-. The molecular formula is C29H22ClNO6S. The molecule has 1 aliphatic heterocycles. The highest BCUT2D eigenvalue weighted by molar-refractivity contribution is 7.10. The van der Waals surface area contributed by atoms with Gasteiger partial charge in [0.1, 0.15) is 34.8 Å². The Kier molecular flexibility index (Phi) is 7.09. The van der Waals surface area contributed by atoms with E-state index in [-0.39, 0.29) is 21.9 Å². The van der Waals surface area contributed by atoms with Crippen molar-refractivity contribution in [1.82, 2.24) is 0 Å². The Bertz CT molecular complexity index is 1520. The molecule has 3 aromatic carbocycles. The van der Waals surface area contributed by atoms with Crippen molar-refractivity contribution in [2.75, 3.05) is 19.1 Å². The third-order valence-electron chi connectivity index (χ3n) is 6.08. The number of carbonyl (C=O) groups is 2. The molecule has 1 amide bonds. The predicted octanol–water partition coefficient (Wildman–Crippen LogP) is 6.84. The quantitative estimate of drug-likeness (QED) is 0.155. The summed E-state index contributed by atoms with van der Waals surface area (Å²) < 4.78 is 16.5. The second-order valence-corrected chi connectivity index (χ2v) is 9.67. The minimum Gasteiger partial charge on any atom is -0.507 e. The molecule has 1 atom stereocenters. The van der Waals surface area contributed by atoms with Crippen molar-refractivity contribution in [3.63, 3.8) is 0 Å². The smallest absolute Gasteiger partial charge is 0.300 e. The molecule has 0 spiro atoms. The van der Waals surface area contributed by atoms with Gasteiger partial charge in [-0.25, -0.2) is 0 Å². The van der Waals surface area contributed by atoms with Gasteiger partial charge in [0.2, 0.25) is 0 Å². The lowest BCUT2D eigenvalue weighted by Gasteiger charge is -2.24. The Balaban J connectivity index is 1.59. The van der Waals surface area contributed by atoms with Crippen LogP contribution in [-0.2, 0) is 9.59 Å². The number of halogens is 1. The number of ether oxygens (including phenoxy) is 3. The zero-order valence-electron chi connectivity index (χ0n) is 20.4. The molecule has 4 aromatic rings. The largest absolute Gasteiger partial charge is 0.507 e. The van der Waals surface area contributed by atoms with Gasteiger partial charge in [-0.3, -0.25) is 14.5 Å². The number of nitrogens with zero attached hydrogens (tertiary/aromatic N) is 1. The van der Waals surface area contributed by atoms with Crippen LogP contribution in [0.5, 0.6) is 23.0 Å². The molecule has 5 rings (SSSR count). The lowest BCUT2D eigenvalue weighted by molar-refractivity contribution is -0.132. The third-order valence-corrected chi connectivity index (χ3v) is 7.30. The van der Waals surface area contributed by atoms with Crippen LogP contribution in [0.1, 0.15) is 16.5 Å². The SMILES string of the molecule is COc1cc(OC)c(/C(O)=C2/C(=O)C(=O)N(c3ccc(Oc4ccccc4)cc3)C2c2cccs2)cc1Cl. The van der Waals surface area contributed by atoms with Crippen molar-refractivity contribution in [2.24, 2.45) is 0 Å². The lowest BCUT2D eigenvalue weighted by Crippen LogP contribution is -2.29. The molecule has 1 aliphatic rings. The monoisotopic (exact) mass is 547 g/mol. The van der Waals surface area contributed by atoms with Crippen LogP contribution in [0.15, 0.2) is 89.8 Å². The molecule has 1 saturated heterocycles. The summed E-state index contributed by atoms with van der Waals surface area (Å²) in [5.74, 6) is -0.155. The molecule has 192 valence electrons. The molecule has 0 aliphatic carbocycles. The second-order valence-electron chi connectivity index (χ2n) is 8.28. The molecular weight excluding hydrogens is 526 g/mol. The summed E-state index contributed by atoms with van der Waals surface area (Å²) in [4.78, 5) is 28.9. The van der Waals surface area contributed by atoms with Gasteiger partial charge in [0, 0.05) is 16.6 Å². The molecule has 1 N–H and O–H groups in total. The van der Waals surface area contributed by atoms with E-state index >= 15 is 0 Å². The molecule has 1 unspecified atom stereocenters. The minimum absolute atomic E-state index is 0.0680. The topological polar surface area (TPSA) is 85.3 Å². The number of ketones is 1. The van der Waals surface area contributed by atoms with E-state index in [0.717, 1.165) is 0 Å². The van der Waals surface area contributed by atoms with Crippen LogP contribution in [0.4, 0.5) is 5.69 Å². The maximum absolute atomic E-state index is 13.4. The average Bonchev–Trinajstić information content (AvgIpc) is 3.56. The van der Waals surface area contributed by atoms with Gasteiger partial charge in [-0.2, -0.15) is 0 Å². The summed E-state index contributed by atoms with van der Waals surface area (Å²) in [5, 5.41) is 13.5. The molecule has 1 fully saturated rings. The Morgan fingerprint density at radius 3 is 2.21 bits per heavy atom. The van der Waals surface area contributed by atoms with Crippen LogP contribution in [0.2, 0.25) is 5.02 Å². The summed E-state index contributed by atoms with van der Waals surface area (Å²) >= 11 is 7.69. The van der Waals surface area contributed by atoms with Crippen molar-refractivity contribution in [1.29, 1.82) is 0 Å². The van der Waals surface area contributed by atoms with E-state index in [2.05, 4.69) is 0 Å². The average molecular weight is 548 g/mol. The molecule has 0 bridgehead atoms. The van der Waals surface area contributed by atoms with E-state index in [1.54, 1.807) is 24.3 Å². The number of aliphatic hydroxyl groups is 1.